The number of amides is 1. The molecule has 5 rings (SSSR count). The number of Topliss-reactive ketones (excluding diaryl/α,β-unsaturated/α-hetero) is 3. The maximum Gasteiger partial charge on any atom is 0.329 e. The van der Waals surface area contributed by atoms with Crippen molar-refractivity contribution in [2.24, 2.45) is 41.4 Å². The Hall–Kier alpha value is -3.37. The molecule has 14 heteroatoms. The van der Waals surface area contributed by atoms with E-state index < -0.39 is 95.7 Å². The number of aliphatic hydroxyl groups is 3. The number of hydrogen-bond acceptors (Lipinski definition) is 13. The first-order chi connectivity index (χ1) is 30.3. The van der Waals surface area contributed by atoms with Gasteiger partial charge in [-0.15, -0.1) is 0 Å². The number of piperidine rings is 1. The minimum atomic E-state index is -2.43. The minimum Gasteiger partial charge on any atom is -0.460 e. The van der Waals surface area contributed by atoms with Crippen molar-refractivity contribution < 1.29 is 63.0 Å². The molecule has 14 nitrogen and oxygen atoms in total. The van der Waals surface area contributed by atoms with Crippen LogP contribution in [0.3, 0.4) is 0 Å². The Morgan fingerprint density at radius 3 is 2.27 bits per heavy atom. The lowest BCUT2D eigenvalue weighted by Gasteiger charge is -2.50. The number of carbonyl (C=O) groups excluding carboxylic acids is 5. The van der Waals surface area contributed by atoms with E-state index in [1.807, 2.05) is 51.2 Å². The zero-order chi connectivity index (χ0) is 47.0. The molecular weight excluding hydrogens is 823 g/mol. The number of ether oxygens (including phenoxy) is 5. The number of rotatable bonds is 5. The molecule has 3 N–H and O–H groups in total. The molecule has 16 atom stereocenters. The molecule has 6 bridgehead atoms. The van der Waals surface area contributed by atoms with Crippen molar-refractivity contribution in [2.75, 3.05) is 27.9 Å². The molecule has 4 fully saturated rings. The van der Waals surface area contributed by atoms with Gasteiger partial charge in [-0.25, -0.2) is 4.79 Å². The molecule has 5 aliphatic rings. The predicted molar refractivity (Wildman–Crippen MR) is 238 cm³/mol. The monoisotopic (exact) mass is 898 g/mol. The normalized spacial score (nSPS) is 42.3. The number of carbonyl (C=O) groups is 5. The molecule has 0 radical (unpaired) electrons. The van der Waals surface area contributed by atoms with Gasteiger partial charge in [-0.2, -0.15) is 0 Å². The third kappa shape index (κ3) is 12.0. The first-order valence-corrected chi connectivity index (χ1v) is 23.5. The zero-order valence-electron chi connectivity index (χ0n) is 39.5. The van der Waals surface area contributed by atoms with E-state index in [0.717, 1.165) is 5.57 Å². The topological polar surface area (TPSA) is 195 Å². The number of allylic oxidation sites excluding steroid dienone is 6. The van der Waals surface area contributed by atoms with Crippen LogP contribution in [-0.4, -0.2) is 132 Å². The number of aliphatic hydroxyl groups excluding tert-OH is 2. The van der Waals surface area contributed by atoms with Gasteiger partial charge in [0.25, 0.3) is 11.7 Å². The molecule has 4 heterocycles. The van der Waals surface area contributed by atoms with Gasteiger partial charge in [0, 0.05) is 64.4 Å². The van der Waals surface area contributed by atoms with Crippen LogP contribution in [0.5, 0.6) is 0 Å². The number of nitrogens with zero attached hydrogens (tertiary/aromatic N) is 1. The third-order valence-electron chi connectivity index (χ3n) is 14.9. The summed E-state index contributed by atoms with van der Waals surface area (Å²) in [6, 6.07) is -1.12. The van der Waals surface area contributed by atoms with Gasteiger partial charge in [0.15, 0.2) is 5.78 Å². The van der Waals surface area contributed by atoms with E-state index in [0.29, 0.717) is 69.8 Å². The quantitative estimate of drug-likeness (QED) is 0.181. The smallest absolute Gasteiger partial charge is 0.329 e. The first-order valence-electron chi connectivity index (χ1n) is 23.5. The molecular formula is C50H75NO13. The Balaban J connectivity index is 1.51. The molecule has 1 saturated carbocycles. The van der Waals surface area contributed by atoms with Crippen LogP contribution in [0.25, 0.3) is 0 Å². The summed E-state index contributed by atoms with van der Waals surface area (Å²) in [5, 5.41) is 34.1. The van der Waals surface area contributed by atoms with Crippen molar-refractivity contribution in [3.05, 3.63) is 47.6 Å². The van der Waals surface area contributed by atoms with Gasteiger partial charge in [-0.1, -0.05) is 64.2 Å². The lowest BCUT2D eigenvalue weighted by atomic mass is 9.68. The molecule has 0 spiro atoms. The van der Waals surface area contributed by atoms with Crippen LogP contribution in [0.2, 0.25) is 0 Å². The van der Waals surface area contributed by atoms with Gasteiger partial charge >= 0.3 is 5.97 Å². The van der Waals surface area contributed by atoms with E-state index in [-0.39, 0.29) is 42.5 Å². The Labute approximate surface area is 379 Å². The highest BCUT2D eigenvalue weighted by atomic mass is 16.6. The zero-order valence-corrected chi connectivity index (χ0v) is 39.5. The molecule has 0 aromatic rings. The maximum absolute atomic E-state index is 14.4. The van der Waals surface area contributed by atoms with Crippen molar-refractivity contribution in [2.45, 2.75) is 167 Å². The summed E-state index contributed by atoms with van der Waals surface area (Å²) >= 11 is 0. The van der Waals surface area contributed by atoms with Gasteiger partial charge in [0.2, 0.25) is 5.79 Å². The minimum absolute atomic E-state index is 0.0231. The molecule has 1 unspecified atom stereocenters. The molecule has 3 saturated heterocycles. The SMILES string of the molecule is CO[C@H]1C[C@@H]2CC[C@@H](C)[C@@](O)(O2)C(=O)C(=O)N2CCCC3[C@H]2C(=O)O[C@@H](CC(=O)[C@H](C)/C=C(\C)[C@@H](O)[C@@H](OC)C(=O)[C@H](C)C[C@H](C)/C=C/C=C/C=C1C)[C@H]3C[C@@H]1CC[C@@H](O)[C@H](OC)C1. The average Bonchev–Trinajstić information content (AvgIpc) is 3.27. The second-order valence-corrected chi connectivity index (χ2v) is 19.5. The Bertz CT molecular complexity index is 1790. The molecule has 1 aliphatic carbocycles. The van der Waals surface area contributed by atoms with Crippen molar-refractivity contribution >= 4 is 29.2 Å². The molecule has 0 aromatic carbocycles. The van der Waals surface area contributed by atoms with E-state index in [2.05, 4.69) is 0 Å². The molecule has 1 amide bonds. The van der Waals surface area contributed by atoms with Crippen molar-refractivity contribution in [3.8, 4) is 0 Å². The van der Waals surface area contributed by atoms with Crippen molar-refractivity contribution in [1.29, 1.82) is 0 Å². The fourth-order valence-corrected chi connectivity index (χ4v) is 10.9. The average molecular weight is 898 g/mol. The number of fused-ring (bicyclic) bond motifs is 3. The Kier molecular flexibility index (Phi) is 18.5. The summed E-state index contributed by atoms with van der Waals surface area (Å²) in [4.78, 5) is 72.0. The van der Waals surface area contributed by atoms with Crippen molar-refractivity contribution in [1.82, 2.24) is 4.90 Å². The number of esters is 1. The van der Waals surface area contributed by atoms with E-state index in [9.17, 15) is 39.3 Å². The highest BCUT2D eigenvalue weighted by Crippen LogP contribution is 2.45. The summed E-state index contributed by atoms with van der Waals surface area (Å²) < 4.78 is 29.4. The van der Waals surface area contributed by atoms with Gasteiger partial charge in [-0.05, 0) is 101 Å². The second-order valence-electron chi connectivity index (χ2n) is 19.5. The predicted octanol–water partition coefficient (Wildman–Crippen LogP) is 5.40. The highest BCUT2D eigenvalue weighted by molar-refractivity contribution is 6.39. The van der Waals surface area contributed by atoms with Gasteiger partial charge < -0.3 is 43.9 Å². The third-order valence-corrected chi connectivity index (χ3v) is 14.9. The fraction of sp³-hybridized carbons (Fsp3) is 0.740. The van der Waals surface area contributed by atoms with E-state index in [1.165, 1.54) is 12.0 Å². The van der Waals surface area contributed by atoms with Crippen LogP contribution in [-0.2, 0) is 47.7 Å². The van der Waals surface area contributed by atoms with Gasteiger partial charge in [0.1, 0.15) is 30.1 Å². The first kappa shape index (κ1) is 51.6. The van der Waals surface area contributed by atoms with Crippen LogP contribution in [0.1, 0.15) is 112 Å². The number of hydrogen-bond donors (Lipinski definition) is 3. The van der Waals surface area contributed by atoms with Crippen LogP contribution < -0.4 is 0 Å². The summed E-state index contributed by atoms with van der Waals surface area (Å²) in [7, 11) is 4.52. The van der Waals surface area contributed by atoms with Gasteiger partial charge in [0.05, 0.1) is 24.4 Å². The largest absolute Gasteiger partial charge is 0.460 e. The highest BCUT2D eigenvalue weighted by Gasteiger charge is 2.57. The van der Waals surface area contributed by atoms with E-state index in [1.54, 1.807) is 41.1 Å². The molecule has 358 valence electrons. The van der Waals surface area contributed by atoms with Crippen LogP contribution in [0.4, 0.5) is 0 Å². The van der Waals surface area contributed by atoms with Crippen molar-refractivity contribution in [3.63, 3.8) is 0 Å². The molecule has 0 aromatic heterocycles. The molecule has 64 heavy (non-hydrogen) atoms. The summed E-state index contributed by atoms with van der Waals surface area (Å²) in [5.41, 5.74) is 1.28. The summed E-state index contributed by atoms with van der Waals surface area (Å²) in [6.07, 6.45) is 10.8. The lowest BCUT2D eigenvalue weighted by Crippen LogP contribution is -2.65. The Morgan fingerprint density at radius 1 is 0.844 bits per heavy atom. The van der Waals surface area contributed by atoms with Crippen LogP contribution in [0.15, 0.2) is 47.6 Å². The second kappa shape index (κ2) is 22.9. The van der Waals surface area contributed by atoms with E-state index in [4.69, 9.17) is 23.7 Å². The maximum atomic E-state index is 14.4. The number of methoxy groups -OCH3 is 3. The van der Waals surface area contributed by atoms with Gasteiger partial charge in [-0.3, -0.25) is 19.2 Å². The summed E-state index contributed by atoms with van der Waals surface area (Å²) in [5.74, 6) is -8.43. The Morgan fingerprint density at radius 2 is 1.58 bits per heavy atom. The number of ketones is 3. The molecule has 4 aliphatic heterocycles. The standard InChI is InChI=1S/C50H75NO13/c1-28-14-11-10-12-15-29(2)40(60-7)26-35-19-17-33(6)50(59,64-35)47(56)48(57)51-21-13-16-36-37(24-34-18-20-38(52)42(25-34)61-8)41(63-49(58)43(36)51)27-39(53)30(3)23-32(5)45(55)46(62-9)44(54)31(4)22-28/h10-12,14-15,23,28,30-31,33-38,40-43,45-46,52,55,59H,13,16-22,24-27H2,1-9H3/b12-10+,14-11+,29-15?,32-23+/t28-,30-,31-,33-,34+,35+,36?,37+,38-,40+,41+,42-,43+,45-,46+,50-/m1/s1. The van der Waals surface area contributed by atoms with Crippen LogP contribution in [0, 0.1) is 41.4 Å². The fourth-order valence-electron chi connectivity index (χ4n) is 10.9. The summed E-state index contributed by atoms with van der Waals surface area (Å²) in [6.45, 7) is 10.9. The lowest BCUT2D eigenvalue weighted by molar-refractivity contribution is -0.266. The van der Waals surface area contributed by atoms with Crippen LogP contribution >= 0.6 is 0 Å². The van der Waals surface area contributed by atoms with E-state index >= 15 is 0 Å².